The third-order valence-corrected chi connectivity index (χ3v) is 6.65. The zero-order valence-corrected chi connectivity index (χ0v) is 22.0. The van der Waals surface area contributed by atoms with Crippen LogP contribution in [0.15, 0.2) is 121 Å². The van der Waals surface area contributed by atoms with Gasteiger partial charge in [-0.3, -0.25) is 0 Å². The Kier molecular flexibility index (Phi) is 10.2. The van der Waals surface area contributed by atoms with Gasteiger partial charge in [-0.2, -0.15) is 4.74 Å². The zero-order valence-electron chi connectivity index (χ0n) is 22.0. The second kappa shape index (κ2) is 14.6. The zero-order chi connectivity index (χ0) is 26.5. The first-order chi connectivity index (χ1) is 19.3. The highest BCUT2D eigenvalue weighted by Crippen LogP contribution is 2.29. The standard InChI is InChI=1S/C34H35O5/c1-5-13-27(14-6-1)21-35-25-31-33(38-23-29-17-9-3-10-18-29)34(39-24-30-19-11-4-12-20-30)32(26-37-31)36-22-28-15-7-2-8-16-28/h1-20,26,31-34H,21-25H2/q+1/t31-,32-,33?,34?/m1/s1. The summed E-state index contributed by atoms with van der Waals surface area (Å²) in [6.07, 6.45) is -1.57. The molecule has 0 bridgehead atoms. The van der Waals surface area contributed by atoms with Crippen molar-refractivity contribution >= 4 is 0 Å². The Morgan fingerprint density at radius 1 is 0.487 bits per heavy atom. The van der Waals surface area contributed by atoms with Crippen molar-refractivity contribution in [1.29, 1.82) is 0 Å². The van der Waals surface area contributed by atoms with Crippen LogP contribution in [-0.4, -0.2) is 31.0 Å². The molecule has 39 heavy (non-hydrogen) atoms. The maximum atomic E-state index is 6.55. The van der Waals surface area contributed by atoms with Gasteiger partial charge in [-0.15, -0.1) is 0 Å². The summed E-state index contributed by atoms with van der Waals surface area (Å²) in [5.41, 5.74) is 4.37. The van der Waals surface area contributed by atoms with E-state index in [1.165, 1.54) is 0 Å². The molecule has 200 valence electrons. The van der Waals surface area contributed by atoms with E-state index in [4.69, 9.17) is 23.7 Å². The van der Waals surface area contributed by atoms with Crippen LogP contribution in [0, 0.1) is 6.61 Å². The Hall–Kier alpha value is -3.45. The molecule has 0 amide bonds. The fourth-order valence-corrected chi connectivity index (χ4v) is 4.56. The fraction of sp³-hybridized carbons (Fsp3) is 0.265. The Balaban J connectivity index is 1.32. The fourth-order valence-electron chi connectivity index (χ4n) is 4.56. The van der Waals surface area contributed by atoms with Gasteiger partial charge in [0.05, 0.1) is 33.0 Å². The monoisotopic (exact) mass is 523 g/mol. The first-order valence-corrected chi connectivity index (χ1v) is 13.4. The first-order valence-electron chi connectivity index (χ1n) is 13.4. The molecule has 4 aromatic carbocycles. The number of rotatable bonds is 13. The van der Waals surface area contributed by atoms with Crippen molar-refractivity contribution in [3.63, 3.8) is 0 Å². The van der Waals surface area contributed by atoms with E-state index in [0.717, 1.165) is 22.3 Å². The third-order valence-electron chi connectivity index (χ3n) is 6.65. The predicted octanol–water partition coefficient (Wildman–Crippen LogP) is 6.52. The lowest BCUT2D eigenvalue weighted by atomic mass is 9.99. The molecule has 5 rings (SSSR count). The normalized spacial score (nSPS) is 20.8. The SMILES string of the molecule is c1ccc(COC[C@H]2O[CH+][C@@H](OCc3ccccc3)C(OCc3ccccc3)C2OCc2ccccc2)cc1. The van der Waals surface area contributed by atoms with Crippen LogP contribution < -0.4 is 0 Å². The lowest BCUT2D eigenvalue weighted by molar-refractivity contribution is -0.227. The highest BCUT2D eigenvalue weighted by molar-refractivity contribution is 5.16. The van der Waals surface area contributed by atoms with E-state index >= 15 is 0 Å². The molecule has 2 unspecified atom stereocenters. The summed E-state index contributed by atoms with van der Waals surface area (Å²) in [6.45, 7) is 3.92. The largest absolute Gasteiger partial charge is 0.374 e. The summed E-state index contributed by atoms with van der Waals surface area (Å²) in [6, 6.07) is 40.5. The Morgan fingerprint density at radius 2 is 0.897 bits per heavy atom. The number of hydrogen-bond acceptors (Lipinski definition) is 5. The summed E-state index contributed by atoms with van der Waals surface area (Å²) in [5.74, 6) is 0. The van der Waals surface area contributed by atoms with Gasteiger partial charge in [0.1, 0.15) is 6.10 Å². The van der Waals surface area contributed by atoms with E-state index < -0.39 is 18.3 Å². The summed E-state index contributed by atoms with van der Waals surface area (Å²) in [5, 5.41) is 0. The van der Waals surface area contributed by atoms with Crippen molar-refractivity contribution in [3.05, 3.63) is 150 Å². The molecule has 4 aromatic rings. The van der Waals surface area contributed by atoms with Crippen LogP contribution >= 0.6 is 0 Å². The van der Waals surface area contributed by atoms with Crippen LogP contribution in [0.5, 0.6) is 0 Å². The molecular weight excluding hydrogens is 488 g/mol. The summed E-state index contributed by atoms with van der Waals surface area (Å²) in [4.78, 5) is 0. The van der Waals surface area contributed by atoms with Gasteiger partial charge in [0.2, 0.25) is 0 Å². The van der Waals surface area contributed by atoms with Crippen molar-refractivity contribution in [2.45, 2.75) is 50.8 Å². The number of hydrogen-bond donors (Lipinski definition) is 0. The highest BCUT2D eigenvalue weighted by Gasteiger charge is 2.49. The van der Waals surface area contributed by atoms with Gasteiger partial charge in [0.25, 0.3) is 12.7 Å². The van der Waals surface area contributed by atoms with Crippen LogP contribution in [0.25, 0.3) is 0 Å². The lowest BCUT2D eigenvalue weighted by Gasteiger charge is -2.36. The van der Waals surface area contributed by atoms with E-state index in [9.17, 15) is 0 Å². The van der Waals surface area contributed by atoms with Crippen LogP contribution in [0.4, 0.5) is 0 Å². The molecule has 1 aliphatic heterocycles. The summed E-state index contributed by atoms with van der Waals surface area (Å²) in [7, 11) is 0. The van der Waals surface area contributed by atoms with Crippen molar-refractivity contribution < 1.29 is 23.7 Å². The molecule has 1 fully saturated rings. The van der Waals surface area contributed by atoms with Crippen LogP contribution in [0.2, 0.25) is 0 Å². The predicted molar refractivity (Wildman–Crippen MR) is 150 cm³/mol. The molecule has 0 radical (unpaired) electrons. The highest BCUT2D eigenvalue weighted by atomic mass is 16.6. The van der Waals surface area contributed by atoms with E-state index in [1.54, 1.807) is 6.61 Å². The topological polar surface area (TPSA) is 46.2 Å². The third kappa shape index (κ3) is 8.27. The molecule has 0 aromatic heterocycles. The number of ether oxygens (including phenoxy) is 5. The van der Waals surface area contributed by atoms with Crippen molar-refractivity contribution in [3.8, 4) is 0 Å². The minimum atomic E-state index is -0.417. The first kappa shape index (κ1) is 27.1. The van der Waals surface area contributed by atoms with E-state index in [2.05, 4.69) is 36.4 Å². The summed E-state index contributed by atoms with van der Waals surface area (Å²) >= 11 is 0. The van der Waals surface area contributed by atoms with Crippen molar-refractivity contribution in [2.75, 3.05) is 6.61 Å². The van der Waals surface area contributed by atoms with Gasteiger partial charge in [-0.25, -0.2) is 0 Å². The van der Waals surface area contributed by atoms with Crippen molar-refractivity contribution in [1.82, 2.24) is 0 Å². The molecule has 1 heterocycles. The molecule has 1 saturated heterocycles. The van der Waals surface area contributed by atoms with Gasteiger partial charge in [-0.05, 0) is 22.3 Å². The van der Waals surface area contributed by atoms with Crippen molar-refractivity contribution in [2.24, 2.45) is 0 Å². The van der Waals surface area contributed by atoms with E-state index in [0.29, 0.717) is 33.0 Å². The Morgan fingerprint density at radius 3 is 1.38 bits per heavy atom. The lowest BCUT2D eigenvalue weighted by Crippen LogP contribution is -2.55. The Labute approximate surface area is 231 Å². The molecule has 0 aliphatic carbocycles. The van der Waals surface area contributed by atoms with Gasteiger partial charge < -0.3 is 18.9 Å². The van der Waals surface area contributed by atoms with Gasteiger partial charge in [-0.1, -0.05) is 121 Å². The minimum absolute atomic E-state index is 0.352. The van der Waals surface area contributed by atoms with E-state index in [1.807, 2.05) is 84.9 Å². The van der Waals surface area contributed by atoms with Gasteiger partial charge in [0.15, 0.2) is 12.2 Å². The molecular formula is C34H35O5+. The molecule has 0 spiro atoms. The minimum Gasteiger partial charge on any atom is -0.374 e. The summed E-state index contributed by atoms with van der Waals surface area (Å²) < 4.78 is 31.8. The number of benzene rings is 4. The van der Waals surface area contributed by atoms with Gasteiger partial charge >= 0.3 is 0 Å². The van der Waals surface area contributed by atoms with E-state index in [-0.39, 0.29) is 6.10 Å². The Bertz CT molecular complexity index is 1200. The second-order valence-corrected chi connectivity index (χ2v) is 9.59. The molecule has 0 saturated carbocycles. The maximum absolute atomic E-state index is 6.55. The second-order valence-electron chi connectivity index (χ2n) is 9.59. The van der Waals surface area contributed by atoms with Gasteiger partial charge in [0, 0.05) is 0 Å². The average Bonchev–Trinajstić information content (AvgIpc) is 3.00. The molecule has 5 nitrogen and oxygen atoms in total. The van der Waals surface area contributed by atoms with Crippen LogP contribution in [-0.2, 0) is 50.1 Å². The smallest absolute Gasteiger partial charge is 0.261 e. The molecule has 1 aliphatic rings. The van der Waals surface area contributed by atoms with Crippen LogP contribution in [0.1, 0.15) is 22.3 Å². The molecule has 5 heteroatoms. The maximum Gasteiger partial charge on any atom is 0.261 e. The average molecular weight is 524 g/mol. The quantitative estimate of drug-likeness (QED) is 0.187. The molecule has 4 atom stereocenters. The van der Waals surface area contributed by atoms with Crippen LogP contribution in [0.3, 0.4) is 0 Å². The molecule has 0 N–H and O–H groups in total.